The molecule has 0 radical (unpaired) electrons. The van der Waals surface area contributed by atoms with Gasteiger partial charge in [0.2, 0.25) is 0 Å². The van der Waals surface area contributed by atoms with Crippen LogP contribution in [0, 0.1) is 0 Å². The van der Waals surface area contributed by atoms with Crippen LogP contribution in [-0.2, 0) is 14.3 Å². The van der Waals surface area contributed by atoms with Crippen molar-refractivity contribution >= 4 is 12.1 Å². The van der Waals surface area contributed by atoms with Crippen LogP contribution in [0.15, 0.2) is 0 Å². The van der Waals surface area contributed by atoms with Gasteiger partial charge < -0.3 is 9.47 Å². The van der Waals surface area contributed by atoms with E-state index >= 15 is 0 Å². The molecule has 5 heteroatoms. The van der Waals surface area contributed by atoms with Crippen LogP contribution in [0.4, 0.5) is 4.79 Å². The Labute approximate surface area is 185 Å². The summed E-state index contributed by atoms with van der Waals surface area (Å²) in [6, 6.07) is -0.457. The summed E-state index contributed by atoms with van der Waals surface area (Å²) in [5.74, 6) is -0.265. The van der Waals surface area contributed by atoms with E-state index in [1.54, 1.807) is 4.90 Å². The van der Waals surface area contributed by atoms with Gasteiger partial charge in [-0.2, -0.15) is 0 Å². The molecular weight excluding hydrogens is 378 g/mol. The molecule has 0 aromatic rings. The van der Waals surface area contributed by atoms with Crippen molar-refractivity contribution in [1.82, 2.24) is 4.90 Å². The topological polar surface area (TPSA) is 55.8 Å². The summed E-state index contributed by atoms with van der Waals surface area (Å²) in [6.07, 6.45) is 19.9. The quantitative estimate of drug-likeness (QED) is 0.175. The third kappa shape index (κ3) is 12.4. The fourth-order valence-electron chi connectivity index (χ4n) is 4.01. The number of nitrogens with zero attached hydrogens (tertiary/aromatic N) is 1. The number of rotatable bonds is 18. The van der Waals surface area contributed by atoms with E-state index in [9.17, 15) is 9.59 Å². The maximum absolute atomic E-state index is 12.3. The van der Waals surface area contributed by atoms with Crippen LogP contribution in [0.1, 0.15) is 123 Å². The molecule has 1 atom stereocenters. The van der Waals surface area contributed by atoms with Gasteiger partial charge in [0.05, 0.1) is 13.2 Å². The van der Waals surface area contributed by atoms with Crippen molar-refractivity contribution in [3.63, 3.8) is 0 Å². The summed E-state index contributed by atoms with van der Waals surface area (Å²) in [4.78, 5) is 26.0. The lowest BCUT2D eigenvalue weighted by atomic mass is 10.0. The summed E-state index contributed by atoms with van der Waals surface area (Å²) < 4.78 is 10.7. The third-order valence-electron chi connectivity index (χ3n) is 5.98. The van der Waals surface area contributed by atoms with Crippen LogP contribution in [0.3, 0.4) is 0 Å². The minimum atomic E-state index is -0.457. The number of hydrogen-bond acceptors (Lipinski definition) is 4. The summed E-state index contributed by atoms with van der Waals surface area (Å²) in [5, 5.41) is 0. The zero-order valence-corrected chi connectivity index (χ0v) is 19.8. The zero-order valence-electron chi connectivity index (χ0n) is 19.8. The molecule has 1 aliphatic heterocycles. The second-order valence-electron chi connectivity index (χ2n) is 8.73. The van der Waals surface area contributed by atoms with Gasteiger partial charge in [0.1, 0.15) is 6.04 Å². The molecular formula is C25H47NO4. The Hall–Kier alpha value is -1.26. The largest absolute Gasteiger partial charge is 0.464 e. The molecule has 176 valence electrons. The monoisotopic (exact) mass is 425 g/mol. The van der Waals surface area contributed by atoms with Crippen molar-refractivity contribution in [2.45, 2.75) is 129 Å². The fraction of sp³-hybridized carbons (Fsp3) is 0.920. The maximum atomic E-state index is 12.3. The Kier molecular flexibility index (Phi) is 16.5. The lowest BCUT2D eigenvalue weighted by molar-refractivity contribution is -0.148. The zero-order chi connectivity index (χ0) is 21.9. The average molecular weight is 426 g/mol. The van der Waals surface area contributed by atoms with Gasteiger partial charge in [-0.05, 0) is 25.7 Å². The van der Waals surface area contributed by atoms with Gasteiger partial charge in [-0.1, -0.05) is 97.3 Å². The highest BCUT2D eigenvalue weighted by atomic mass is 16.6. The Balaban J connectivity index is 1.97. The molecule has 1 amide bonds. The van der Waals surface area contributed by atoms with Crippen LogP contribution in [0.2, 0.25) is 0 Å². The molecule has 1 fully saturated rings. The van der Waals surface area contributed by atoms with E-state index in [1.807, 2.05) is 0 Å². The molecule has 0 aliphatic carbocycles. The highest BCUT2D eigenvalue weighted by Crippen LogP contribution is 2.20. The lowest BCUT2D eigenvalue weighted by Gasteiger charge is -2.22. The Morgan fingerprint density at radius 1 is 0.700 bits per heavy atom. The number of carbonyl (C=O) groups is 2. The Bertz CT molecular complexity index is 441. The molecule has 0 bridgehead atoms. The minimum Gasteiger partial charge on any atom is -0.464 e. The maximum Gasteiger partial charge on any atom is 0.410 e. The molecule has 1 heterocycles. The summed E-state index contributed by atoms with van der Waals surface area (Å²) >= 11 is 0. The third-order valence-corrected chi connectivity index (χ3v) is 5.98. The van der Waals surface area contributed by atoms with Crippen LogP contribution in [0.5, 0.6) is 0 Å². The summed E-state index contributed by atoms with van der Waals surface area (Å²) in [7, 11) is 0. The summed E-state index contributed by atoms with van der Waals surface area (Å²) in [5.41, 5.74) is 0. The first-order valence-electron chi connectivity index (χ1n) is 12.8. The number of unbranched alkanes of at least 4 members (excludes halogenated alkanes) is 13. The van der Waals surface area contributed by atoms with Crippen LogP contribution in [-0.4, -0.2) is 42.8 Å². The van der Waals surface area contributed by atoms with Crippen molar-refractivity contribution in [2.24, 2.45) is 0 Å². The molecule has 0 saturated carbocycles. The van der Waals surface area contributed by atoms with Crippen molar-refractivity contribution in [3.05, 3.63) is 0 Å². The van der Waals surface area contributed by atoms with Gasteiger partial charge in [0.25, 0.3) is 0 Å². The predicted molar refractivity (Wildman–Crippen MR) is 123 cm³/mol. The number of likely N-dealkylation sites (tertiary alicyclic amines) is 1. The second-order valence-corrected chi connectivity index (χ2v) is 8.73. The van der Waals surface area contributed by atoms with Crippen LogP contribution in [0.25, 0.3) is 0 Å². The number of amides is 1. The lowest BCUT2D eigenvalue weighted by Crippen LogP contribution is -2.41. The van der Waals surface area contributed by atoms with Crippen LogP contribution < -0.4 is 0 Å². The van der Waals surface area contributed by atoms with E-state index in [-0.39, 0.29) is 12.1 Å². The predicted octanol–water partition coefficient (Wildman–Crippen LogP) is 7.02. The molecule has 0 aromatic heterocycles. The van der Waals surface area contributed by atoms with Gasteiger partial charge in [-0.15, -0.1) is 0 Å². The van der Waals surface area contributed by atoms with E-state index in [0.29, 0.717) is 26.2 Å². The minimum absolute atomic E-state index is 0.265. The molecule has 0 N–H and O–H groups in total. The standard InChI is InChI=1S/C25H47NO4/c1-3-5-7-8-9-10-11-12-13-14-15-16-17-22-29-24(27)23-19-18-20-26(23)25(28)30-21-6-4-2/h23H,3-22H2,1-2H3. The highest BCUT2D eigenvalue weighted by molar-refractivity contribution is 5.82. The van der Waals surface area contributed by atoms with Crippen molar-refractivity contribution < 1.29 is 19.1 Å². The van der Waals surface area contributed by atoms with Gasteiger partial charge in [0, 0.05) is 6.54 Å². The Morgan fingerprint density at radius 2 is 1.20 bits per heavy atom. The van der Waals surface area contributed by atoms with Gasteiger partial charge >= 0.3 is 12.1 Å². The van der Waals surface area contributed by atoms with E-state index in [4.69, 9.17) is 9.47 Å². The molecule has 1 rings (SSSR count). The SMILES string of the molecule is CCCCCCCCCCCCCCCOC(=O)C1CCCN1C(=O)OCCCC. The first-order valence-corrected chi connectivity index (χ1v) is 12.8. The molecule has 0 aromatic carbocycles. The first-order chi connectivity index (χ1) is 14.7. The van der Waals surface area contributed by atoms with Gasteiger partial charge in [-0.3, -0.25) is 4.90 Å². The molecule has 5 nitrogen and oxygen atoms in total. The van der Waals surface area contributed by atoms with E-state index in [0.717, 1.165) is 32.1 Å². The smallest absolute Gasteiger partial charge is 0.410 e. The molecule has 30 heavy (non-hydrogen) atoms. The van der Waals surface area contributed by atoms with E-state index < -0.39 is 6.04 Å². The van der Waals surface area contributed by atoms with Crippen LogP contribution >= 0.6 is 0 Å². The number of carbonyl (C=O) groups excluding carboxylic acids is 2. The number of hydrogen-bond donors (Lipinski definition) is 0. The van der Waals surface area contributed by atoms with E-state index in [1.165, 1.54) is 70.6 Å². The van der Waals surface area contributed by atoms with Crippen molar-refractivity contribution in [3.8, 4) is 0 Å². The van der Waals surface area contributed by atoms with Gasteiger partial charge in [0.15, 0.2) is 0 Å². The van der Waals surface area contributed by atoms with Gasteiger partial charge in [-0.25, -0.2) is 9.59 Å². The second kappa shape index (κ2) is 18.5. The fourth-order valence-corrected chi connectivity index (χ4v) is 4.01. The normalized spacial score (nSPS) is 16.1. The van der Waals surface area contributed by atoms with Crippen molar-refractivity contribution in [2.75, 3.05) is 19.8 Å². The number of ether oxygens (including phenoxy) is 2. The van der Waals surface area contributed by atoms with E-state index in [2.05, 4.69) is 13.8 Å². The molecule has 1 unspecified atom stereocenters. The molecule has 1 saturated heterocycles. The number of esters is 1. The average Bonchev–Trinajstić information content (AvgIpc) is 3.24. The summed E-state index contributed by atoms with van der Waals surface area (Å²) in [6.45, 7) is 5.79. The highest BCUT2D eigenvalue weighted by Gasteiger charge is 2.36. The first kappa shape index (κ1) is 26.8. The van der Waals surface area contributed by atoms with Crippen molar-refractivity contribution in [1.29, 1.82) is 0 Å². The Morgan fingerprint density at radius 3 is 1.77 bits per heavy atom. The molecule has 1 aliphatic rings. The molecule has 0 spiro atoms.